The van der Waals surface area contributed by atoms with Gasteiger partial charge in [0.05, 0.1) is 29.6 Å². The number of amides is 1. The number of rotatable bonds is 4. The number of pyridine rings is 3. The van der Waals surface area contributed by atoms with Gasteiger partial charge in [-0.1, -0.05) is 6.07 Å². The van der Waals surface area contributed by atoms with Crippen LogP contribution in [0.4, 0.5) is 13.2 Å². The molecule has 0 aromatic carbocycles. The third kappa shape index (κ3) is 3.79. The lowest BCUT2D eigenvalue weighted by molar-refractivity contribution is -0.498. The first-order valence-corrected chi connectivity index (χ1v) is 8.66. The fourth-order valence-corrected chi connectivity index (χ4v) is 2.93. The van der Waals surface area contributed by atoms with Gasteiger partial charge in [0.1, 0.15) is 0 Å². The van der Waals surface area contributed by atoms with Gasteiger partial charge < -0.3 is 5.32 Å². The molecule has 4 rings (SSSR count). The number of nitrogens with one attached hydrogen (secondary N) is 2. The molecule has 0 spiro atoms. The fourth-order valence-electron chi connectivity index (χ4n) is 2.93. The highest BCUT2D eigenvalue weighted by molar-refractivity contribution is 5.98. The van der Waals surface area contributed by atoms with Gasteiger partial charge in [-0.3, -0.25) is 14.8 Å². The summed E-state index contributed by atoms with van der Waals surface area (Å²) in [5.41, 5.74) is 1.28. The Morgan fingerprint density at radius 1 is 1.10 bits per heavy atom. The summed E-state index contributed by atoms with van der Waals surface area (Å²) in [6.07, 6.45) is 1.46. The highest BCUT2D eigenvalue weighted by atomic mass is 19.4. The first-order chi connectivity index (χ1) is 13.9. The lowest BCUT2D eigenvalue weighted by atomic mass is 10.2. The van der Waals surface area contributed by atoms with Crippen molar-refractivity contribution < 1.29 is 22.4 Å². The van der Waals surface area contributed by atoms with Crippen molar-refractivity contribution in [2.75, 3.05) is 0 Å². The summed E-state index contributed by atoms with van der Waals surface area (Å²) in [7, 11) is 0. The zero-order chi connectivity index (χ0) is 20.4. The molecule has 0 saturated carbocycles. The highest BCUT2D eigenvalue weighted by Crippen LogP contribution is 2.28. The highest BCUT2D eigenvalue weighted by Gasteiger charge is 2.30. The van der Waals surface area contributed by atoms with Gasteiger partial charge in [-0.25, -0.2) is 4.98 Å². The molecule has 0 aliphatic carbocycles. The van der Waals surface area contributed by atoms with Crippen molar-refractivity contribution in [3.8, 4) is 11.4 Å². The Labute approximate surface area is 163 Å². The van der Waals surface area contributed by atoms with Crippen LogP contribution in [0.1, 0.15) is 21.7 Å². The lowest BCUT2D eigenvalue weighted by Gasteiger charge is -2.07. The number of nitrogens with zero attached hydrogens (tertiary/aromatic N) is 3. The summed E-state index contributed by atoms with van der Waals surface area (Å²) >= 11 is 0. The van der Waals surface area contributed by atoms with Crippen molar-refractivity contribution in [2.45, 2.75) is 12.7 Å². The van der Waals surface area contributed by atoms with Crippen LogP contribution in [-0.4, -0.2) is 20.9 Å². The number of aromatic amines is 1. The maximum atomic E-state index is 12.7. The Morgan fingerprint density at radius 2 is 1.97 bits per heavy atom. The molecule has 6 nitrogen and oxygen atoms in total. The van der Waals surface area contributed by atoms with Gasteiger partial charge >= 0.3 is 6.18 Å². The predicted octanol–water partition coefficient (Wildman–Crippen LogP) is 3.16. The summed E-state index contributed by atoms with van der Waals surface area (Å²) in [4.78, 5) is 23.7. The van der Waals surface area contributed by atoms with E-state index in [1.807, 2.05) is 28.8 Å². The molecule has 0 fully saturated rings. The Hall–Kier alpha value is -3.75. The first kappa shape index (κ1) is 18.6. The molecule has 1 amide bonds. The van der Waals surface area contributed by atoms with E-state index in [0.717, 1.165) is 17.8 Å². The molecule has 0 saturated heterocycles. The molecule has 4 aromatic heterocycles. The number of carbonyl (C=O) groups excluding carboxylic acids is 1. The van der Waals surface area contributed by atoms with Gasteiger partial charge in [0.15, 0.2) is 5.52 Å². The molecule has 0 aliphatic heterocycles. The van der Waals surface area contributed by atoms with Crippen LogP contribution in [0.25, 0.3) is 16.9 Å². The number of carbonyl (C=O) groups is 1. The molecule has 9 heteroatoms. The van der Waals surface area contributed by atoms with E-state index >= 15 is 0 Å². The monoisotopic (exact) mass is 398 g/mol. The Bertz CT molecular complexity index is 1150. The van der Waals surface area contributed by atoms with Crippen molar-refractivity contribution in [1.29, 1.82) is 0 Å². The van der Waals surface area contributed by atoms with Crippen molar-refractivity contribution >= 4 is 11.4 Å². The van der Waals surface area contributed by atoms with Crippen LogP contribution in [0.2, 0.25) is 0 Å². The maximum absolute atomic E-state index is 12.7. The zero-order valence-corrected chi connectivity index (χ0v) is 14.9. The molecule has 29 heavy (non-hydrogen) atoms. The molecule has 0 atom stereocenters. The van der Waals surface area contributed by atoms with Crippen LogP contribution < -0.4 is 9.72 Å². The fraction of sp³-hybridized carbons (Fsp3) is 0.100. The van der Waals surface area contributed by atoms with Crippen LogP contribution in [0.5, 0.6) is 0 Å². The molecule has 146 valence electrons. The Morgan fingerprint density at radius 3 is 2.66 bits per heavy atom. The second kappa shape index (κ2) is 7.34. The maximum Gasteiger partial charge on any atom is 0.417 e. The van der Waals surface area contributed by atoms with Crippen LogP contribution in [-0.2, 0) is 12.7 Å². The summed E-state index contributed by atoms with van der Waals surface area (Å²) in [6, 6.07) is 11.3. The average Bonchev–Trinajstić information content (AvgIpc) is 3.12. The normalized spacial score (nSPS) is 11.6. The van der Waals surface area contributed by atoms with Crippen LogP contribution in [0.3, 0.4) is 0 Å². The number of alkyl halides is 3. The van der Waals surface area contributed by atoms with Gasteiger partial charge in [-0.2, -0.15) is 17.6 Å². The number of hydrogen-bond acceptors (Lipinski definition) is 3. The summed E-state index contributed by atoms with van der Waals surface area (Å²) in [5.74, 6) is 0.289. The zero-order valence-electron chi connectivity index (χ0n) is 14.9. The van der Waals surface area contributed by atoms with Gasteiger partial charge in [0.2, 0.25) is 5.69 Å². The van der Waals surface area contributed by atoms with Crippen LogP contribution in [0.15, 0.2) is 67.3 Å². The van der Waals surface area contributed by atoms with E-state index in [1.54, 1.807) is 24.5 Å². The van der Waals surface area contributed by atoms with Gasteiger partial charge in [-0.15, -0.1) is 0 Å². The van der Waals surface area contributed by atoms with Crippen molar-refractivity contribution in [1.82, 2.24) is 20.3 Å². The minimum Gasteiger partial charge on any atom is -0.343 e. The Kier molecular flexibility index (Phi) is 4.71. The van der Waals surface area contributed by atoms with Crippen LogP contribution >= 0.6 is 0 Å². The van der Waals surface area contributed by atoms with Crippen LogP contribution in [0, 0.1) is 0 Å². The van der Waals surface area contributed by atoms with E-state index in [0.29, 0.717) is 22.7 Å². The first-order valence-electron chi connectivity index (χ1n) is 8.66. The molecule has 0 radical (unpaired) electrons. The van der Waals surface area contributed by atoms with Crippen molar-refractivity contribution in [3.63, 3.8) is 0 Å². The standard InChI is InChI=1S/C20H14F3N5O/c21-20(22,23)14-6-7-15(25-11-14)12-26-19(29)17-16-5-1-2-9-28(16)18(27-17)13-4-3-8-24-10-13/h1-11H,12H2,(H,26,29)/p+1. The summed E-state index contributed by atoms with van der Waals surface area (Å²) in [6.45, 7) is -0.00277. The molecule has 4 heterocycles. The van der Waals surface area contributed by atoms with Crippen molar-refractivity contribution in [2.24, 2.45) is 0 Å². The summed E-state index contributed by atoms with van der Waals surface area (Å²) in [5, 5.41) is 2.69. The molecule has 2 N–H and O–H groups in total. The third-order valence-corrected chi connectivity index (χ3v) is 4.34. The Balaban J connectivity index is 1.58. The lowest BCUT2D eigenvalue weighted by Crippen LogP contribution is -2.25. The molecular formula is C20H15F3N5O+. The topological polar surface area (TPSA) is 74.8 Å². The number of hydrogen-bond donors (Lipinski definition) is 2. The van der Waals surface area contributed by atoms with Crippen molar-refractivity contribution in [3.05, 3.63) is 84.2 Å². The molecular weight excluding hydrogens is 383 g/mol. The molecule has 0 bridgehead atoms. The number of aromatic nitrogens is 4. The van der Waals surface area contributed by atoms with E-state index in [4.69, 9.17) is 0 Å². The molecule has 0 aliphatic rings. The average molecular weight is 398 g/mol. The van der Waals surface area contributed by atoms with Gasteiger partial charge in [0, 0.05) is 18.6 Å². The van der Waals surface area contributed by atoms with E-state index < -0.39 is 17.6 Å². The smallest absolute Gasteiger partial charge is 0.343 e. The SMILES string of the molecule is O=C(NCc1ccc(C(F)(F)F)cn1)c1[nH]c(-c2cccnc2)[n+]2ccccc12. The summed E-state index contributed by atoms with van der Waals surface area (Å²) < 4.78 is 39.7. The number of fused-ring (bicyclic) bond motifs is 1. The minimum absolute atomic E-state index is 0.00277. The van der Waals surface area contributed by atoms with E-state index in [9.17, 15) is 18.0 Å². The van der Waals surface area contributed by atoms with E-state index in [1.165, 1.54) is 6.07 Å². The molecule has 0 unspecified atom stereocenters. The van der Waals surface area contributed by atoms with Gasteiger partial charge in [0.25, 0.3) is 11.7 Å². The third-order valence-electron chi connectivity index (χ3n) is 4.34. The second-order valence-corrected chi connectivity index (χ2v) is 6.26. The number of halogens is 3. The van der Waals surface area contributed by atoms with Gasteiger partial charge in [-0.05, 0) is 36.4 Å². The second-order valence-electron chi connectivity index (χ2n) is 6.26. The van der Waals surface area contributed by atoms with E-state index in [-0.39, 0.29) is 6.54 Å². The number of imidazole rings is 1. The largest absolute Gasteiger partial charge is 0.417 e. The number of H-pyrrole nitrogens is 1. The minimum atomic E-state index is -4.45. The predicted molar refractivity (Wildman–Crippen MR) is 97.6 cm³/mol. The quantitative estimate of drug-likeness (QED) is 0.519. The molecule has 4 aromatic rings. The van der Waals surface area contributed by atoms with E-state index in [2.05, 4.69) is 20.3 Å².